The third kappa shape index (κ3) is 11.4. The Balaban J connectivity index is 0.739. The largest absolute Gasteiger partial charge is 0.310 e. The Labute approximate surface area is 658 Å². The summed E-state index contributed by atoms with van der Waals surface area (Å²) in [7, 11) is 0. The van der Waals surface area contributed by atoms with Crippen molar-refractivity contribution < 1.29 is 0 Å². The Morgan fingerprint density at radius 2 is 0.430 bits per heavy atom. The predicted octanol–water partition coefficient (Wildman–Crippen LogP) is 28.6. The summed E-state index contributed by atoms with van der Waals surface area (Å²) >= 11 is 0. The first-order chi connectivity index (χ1) is 56.5. The molecule has 0 bridgehead atoms. The van der Waals surface area contributed by atoms with Crippen LogP contribution in [0.15, 0.2) is 425 Å². The van der Waals surface area contributed by atoms with Gasteiger partial charge in [-0.3, -0.25) is 0 Å². The molecule has 114 heavy (non-hydrogen) atoms. The van der Waals surface area contributed by atoms with Gasteiger partial charge in [-0.2, -0.15) is 0 Å². The van der Waals surface area contributed by atoms with Crippen molar-refractivity contribution in [2.45, 2.75) is 0 Å². The molecule has 0 fully saturated rings. The van der Waals surface area contributed by atoms with E-state index in [4.69, 9.17) is 9.97 Å². The molecule has 4 heterocycles. The van der Waals surface area contributed by atoms with Crippen LogP contribution >= 0.6 is 0 Å². The van der Waals surface area contributed by atoms with E-state index in [1.54, 1.807) is 0 Å². The zero-order valence-electron chi connectivity index (χ0n) is 62.0. The molecule has 534 valence electrons. The van der Waals surface area contributed by atoms with Gasteiger partial charge in [0.05, 0.1) is 44.5 Å². The van der Waals surface area contributed by atoms with Crippen LogP contribution in [-0.4, -0.2) is 23.7 Å². The van der Waals surface area contributed by atoms with Gasteiger partial charge >= 0.3 is 0 Å². The molecule has 0 N–H and O–H groups in total. The van der Waals surface area contributed by atoms with Crippen LogP contribution in [0.1, 0.15) is 0 Å². The van der Waals surface area contributed by atoms with Crippen molar-refractivity contribution in [3.63, 3.8) is 0 Å². The van der Waals surface area contributed by atoms with Gasteiger partial charge in [-0.1, -0.05) is 237 Å². The molecule has 8 heteroatoms. The smallest absolute Gasteiger partial charge is 0.160 e. The normalized spacial score (nSPS) is 11.7. The average Bonchev–Trinajstić information content (AvgIpc) is 1.57. The van der Waals surface area contributed by atoms with Gasteiger partial charge in [0.2, 0.25) is 0 Å². The Morgan fingerprint density at radius 1 is 0.167 bits per heavy atom. The molecule has 0 amide bonds. The summed E-state index contributed by atoms with van der Waals surface area (Å²) in [6, 6.07) is 154. The summed E-state index contributed by atoms with van der Waals surface area (Å²) in [5, 5.41) is 14.0. The average molecular weight is 1460 g/mol. The lowest BCUT2D eigenvalue weighted by molar-refractivity contribution is 1.17. The number of hydrogen-bond acceptors (Lipinski definition) is 5. The summed E-state index contributed by atoms with van der Waals surface area (Å²) in [6.45, 7) is 0. The summed E-state index contributed by atoms with van der Waals surface area (Å²) in [6.07, 6.45) is 0. The van der Waals surface area contributed by atoms with E-state index < -0.39 is 0 Å². The lowest BCUT2D eigenvalue weighted by atomic mass is 10.0. The highest BCUT2D eigenvalue weighted by Gasteiger charge is 2.25. The fourth-order valence-corrected chi connectivity index (χ4v) is 17.4. The molecule has 0 aliphatic heterocycles. The van der Waals surface area contributed by atoms with Crippen LogP contribution < -0.4 is 14.7 Å². The number of fused-ring (bicyclic) bond motifs is 12. The number of aromatic nitrogens is 5. The number of anilines is 9. The van der Waals surface area contributed by atoms with Crippen LogP contribution in [0.25, 0.3) is 149 Å². The molecular formula is C106H70N8. The van der Waals surface area contributed by atoms with Gasteiger partial charge in [0.1, 0.15) is 0 Å². The summed E-state index contributed by atoms with van der Waals surface area (Å²) in [5.41, 5.74) is 23.5. The summed E-state index contributed by atoms with van der Waals surface area (Å²) in [4.78, 5) is 18.7. The number of para-hydroxylation sites is 6. The SMILES string of the molecule is c1ccc(-n2c3ccccc3c3cc(N(c4cccc(-c5cc(-c6cccc(N(c7ccc8ccccc8c7)c7ccc8c(c7)c7ccccc7n8-c7ccccc7)c6)nc(-c6cccc(N(c7ccc8ccccc8c7)c7ccc8c(c7)c7ccccc7n8-c7ccccc7)c6)n5)c4)c4ccc5ccccc5c4)ccc32)cc1. The Kier molecular flexibility index (Phi) is 15.7. The fraction of sp³-hybridized carbons (Fsp3) is 0. The number of rotatable bonds is 15. The van der Waals surface area contributed by atoms with E-state index in [0.717, 1.165) is 162 Å². The molecule has 18 aromatic carbocycles. The fourth-order valence-electron chi connectivity index (χ4n) is 17.4. The Morgan fingerprint density at radius 3 is 0.781 bits per heavy atom. The standard InChI is InChI=1S/C106H70N8/c1-4-34-80(35-5-1)112-100-46-19-16-43-92(100)95-67-89(55-58-103(95)112)109(86-52-49-71-25-10-13-28-74(71)61-86)83-40-22-31-77(64-83)98-70-99(78-32-23-41-84(65-78)110(87-53-50-72-26-11-14-29-75(72)62-87)90-56-59-104-96(68-90)93-44-17-20-47-101(93)113(104)81-36-6-2-7-37-81)108-106(107-98)79-33-24-42-85(66-79)111(88-54-51-73-27-12-15-30-76(73)63-88)91-57-60-105-97(69-91)94-45-18-21-48-102(94)114(105)82-38-8-3-9-39-82/h1-70H. The van der Waals surface area contributed by atoms with Crippen molar-refractivity contribution in [1.29, 1.82) is 0 Å². The topological polar surface area (TPSA) is 50.3 Å². The molecule has 0 spiro atoms. The zero-order chi connectivity index (χ0) is 75.2. The molecule has 4 aromatic heterocycles. The van der Waals surface area contributed by atoms with Gasteiger partial charge in [0, 0.05) is 117 Å². The molecule has 0 aliphatic carbocycles. The summed E-state index contributed by atoms with van der Waals surface area (Å²) < 4.78 is 7.14. The lowest BCUT2D eigenvalue weighted by Crippen LogP contribution is -2.10. The molecule has 22 rings (SSSR count). The third-order valence-corrected chi connectivity index (χ3v) is 22.6. The van der Waals surface area contributed by atoms with Crippen molar-refractivity contribution in [2.24, 2.45) is 0 Å². The van der Waals surface area contributed by atoms with Crippen LogP contribution in [0.2, 0.25) is 0 Å². The molecule has 0 atom stereocenters. The van der Waals surface area contributed by atoms with Crippen LogP contribution in [0.4, 0.5) is 51.2 Å². The van der Waals surface area contributed by atoms with E-state index in [0.29, 0.717) is 5.82 Å². The maximum atomic E-state index is 5.78. The minimum Gasteiger partial charge on any atom is -0.310 e. The Hall–Kier alpha value is -15.4. The van der Waals surface area contributed by atoms with Gasteiger partial charge < -0.3 is 28.4 Å². The third-order valence-electron chi connectivity index (χ3n) is 22.6. The maximum absolute atomic E-state index is 5.78. The highest BCUT2D eigenvalue weighted by molar-refractivity contribution is 6.14. The molecule has 0 unspecified atom stereocenters. The van der Waals surface area contributed by atoms with Crippen molar-refractivity contribution >= 4 is 149 Å². The minimum absolute atomic E-state index is 0.582. The van der Waals surface area contributed by atoms with Gasteiger partial charge in [0.25, 0.3) is 0 Å². The van der Waals surface area contributed by atoms with E-state index in [1.807, 2.05) is 0 Å². The zero-order valence-corrected chi connectivity index (χ0v) is 62.0. The second-order valence-electron chi connectivity index (χ2n) is 29.4. The van der Waals surface area contributed by atoms with Crippen LogP contribution in [0, 0.1) is 0 Å². The van der Waals surface area contributed by atoms with E-state index >= 15 is 0 Å². The predicted molar refractivity (Wildman–Crippen MR) is 478 cm³/mol. The van der Waals surface area contributed by atoms with E-state index in [-0.39, 0.29) is 0 Å². The van der Waals surface area contributed by atoms with Crippen LogP contribution in [0.3, 0.4) is 0 Å². The van der Waals surface area contributed by atoms with Gasteiger partial charge in [-0.05, 0) is 220 Å². The molecule has 22 aromatic rings. The first-order valence-electron chi connectivity index (χ1n) is 38.8. The van der Waals surface area contributed by atoms with Gasteiger partial charge in [-0.15, -0.1) is 0 Å². The molecular weight excluding hydrogens is 1390 g/mol. The molecule has 8 nitrogen and oxygen atoms in total. The van der Waals surface area contributed by atoms with Crippen molar-refractivity contribution in [2.75, 3.05) is 14.7 Å². The molecule has 0 aliphatic rings. The molecule has 0 saturated carbocycles. The second-order valence-corrected chi connectivity index (χ2v) is 29.4. The van der Waals surface area contributed by atoms with E-state index in [9.17, 15) is 0 Å². The first kappa shape index (κ1) is 65.7. The van der Waals surface area contributed by atoms with Crippen molar-refractivity contribution in [1.82, 2.24) is 23.7 Å². The number of hydrogen-bond donors (Lipinski definition) is 0. The van der Waals surface area contributed by atoms with E-state index in [2.05, 4.69) is 453 Å². The first-order valence-corrected chi connectivity index (χ1v) is 38.8. The van der Waals surface area contributed by atoms with Crippen molar-refractivity contribution in [3.8, 4) is 51.0 Å². The molecule has 0 saturated heterocycles. The number of benzene rings is 18. The van der Waals surface area contributed by atoms with Crippen LogP contribution in [0.5, 0.6) is 0 Å². The summed E-state index contributed by atoms with van der Waals surface area (Å²) in [5.74, 6) is 0.582. The van der Waals surface area contributed by atoms with E-state index in [1.165, 1.54) is 32.3 Å². The quantitative estimate of drug-likeness (QED) is 0.102. The Bertz CT molecular complexity index is 6800. The monoisotopic (exact) mass is 1450 g/mol. The maximum Gasteiger partial charge on any atom is 0.160 e. The highest BCUT2D eigenvalue weighted by Crippen LogP contribution is 2.47. The van der Waals surface area contributed by atoms with Gasteiger partial charge in [-0.25, -0.2) is 9.97 Å². The number of nitrogens with zero attached hydrogens (tertiary/aromatic N) is 8. The minimum atomic E-state index is 0.582. The molecule has 0 radical (unpaired) electrons. The lowest BCUT2D eigenvalue weighted by Gasteiger charge is -2.27. The van der Waals surface area contributed by atoms with Crippen LogP contribution in [-0.2, 0) is 0 Å². The van der Waals surface area contributed by atoms with Gasteiger partial charge in [0.15, 0.2) is 5.82 Å². The second kappa shape index (κ2) is 27.3. The highest BCUT2D eigenvalue weighted by atomic mass is 15.2. The van der Waals surface area contributed by atoms with Crippen molar-refractivity contribution in [3.05, 3.63) is 425 Å².